The summed E-state index contributed by atoms with van der Waals surface area (Å²) in [5.41, 5.74) is 1.44. The van der Waals surface area contributed by atoms with E-state index in [1.54, 1.807) is 17.1 Å². The first-order chi connectivity index (χ1) is 11.3. The first-order valence-corrected chi connectivity index (χ1v) is 7.60. The van der Waals surface area contributed by atoms with Crippen molar-refractivity contribution >= 4 is 5.91 Å². The number of benzene rings is 1. The second-order valence-electron chi connectivity index (χ2n) is 5.48. The van der Waals surface area contributed by atoms with E-state index in [2.05, 4.69) is 25.2 Å². The van der Waals surface area contributed by atoms with Gasteiger partial charge in [-0.05, 0) is 18.6 Å². The fraction of sp³-hybridized carbons (Fsp3) is 0.250. The second kappa shape index (κ2) is 5.68. The maximum absolute atomic E-state index is 12.3. The molecule has 0 saturated carbocycles. The van der Waals surface area contributed by atoms with Crippen molar-refractivity contribution in [2.45, 2.75) is 25.9 Å². The molecule has 0 unspecified atom stereocenters. The number of aromatic nitrogens is 5. The standard InChI is InChI=1S/C16H16N6O/c23-16(17-10-15-20-19-14-7-4-8-21(14)15)12-9-18-22(11-12)13-5-2-1-3-6-13/h1-3,5-6,9,11H,4,7-8,10H2,(H,17,23). The molecule has 4 rings (SSSR count). The lowest BCUT2D eigenvalue weighted by atomic mass is 10.3. The smallest absolute Gasteiger partial charge is 0.254 e. The maximum atomic E-state index is 12.3. The Bertz CT molecular complexity index is 835. The monoisotopic (exact) mass is 308 g/mol. The number of fused-ring (bicyclic) bond motifs is 1. The average molecular weight is 308 g/mol. The Balaban J connectivity index is 1.44. The number of carbonyl (C=O) groups is 1. The van der Waals surface area contributed by atoms with Crippen LogP contribution in [0.1, 0.15) is 28.4 Å². The van der Waals surface area contributed by atoms with E-state index in [1.807, 2.05) is 30.3 Å². The summed E-state index contributed by atoms with van der Waals surface area (Å²) in [5.74, 6) is 1.65. The number of carbonyl (C=O) groups excluding carboxylic acids is 1. The summed E-state index contributed by atoms with van der Waals surface area (Å²) in [7, 11) is 0. The Hall–Kier alpha value is -2.96. The number of nitrogens with one attached hydrogen (secondary N) is 1. The zero-order valence-corrected chi connectivity index (χ0v) is 12.5. The first-order valence-electron chi connectivity index (χ1n) is 7.60. The number of hydrogen-bond donors (Lipinski definition) is 1. The Labute approximate surface area is 133 Å². The highest BCUT2D eigenvalue weighted by atomic mass is 16.1. The van der Waals surface area contributed by atoms with Crippen molar-refractivity contribution in [3.05, 3.63) is 59.9 Å². The van der Waals surface area contributed by atoms with Crippen molar-refractivity contribution in [2.75, 3.05) is 0 Å². The lowest BCUT2D eigenvalue weighted by molar-refractivity contribution is 0.0949. The Morgan fingerprint density at radius 1 is 1.22 bits per heavy atom. The molecule has 1 aliphatic heterocycles. The molecule has 1 amide bonds. The number of amides is 1. The minimum absolute atomic E-state index is 0.164. The molecular formula is C16H16N6O. The summed E-state index contributed by atoms with van der Waals surface area (Å²) in [6, 6.07) is 9.69. The molecule has 0 saturated heterocycles. The maximum Gasteiger partial charge on any atom is 0.254 e. The molecule has 3 aromatic rings. The Morgan fingerprint density at radius 3 is 2.96 bits per heavy atom. The molecule has 1 aromatic carbocycles. The van der Waals surface area contributed by atoms with Crippen LogP contribution in [0.2, 0.25) is 0 Å². The van der Waals surface area contributed by atoms with E-state index in [4.69, 9.17) is 0 Å². The lowest BCUT2D eigenvalue weighted by Crippen LogP contribution is -2.24. The molecule has 3 heterocycles. The van der Waals surface area contributed by atoms with Gasteiger partial charge in [0, 0.05) is 19.2 Å². The highest BCUT2D eigenvalue weighted by Gasteiger charge is 2.18. The summed E-state index contributed by atoms with van der Waals surface area (Å²) < 4.78 is 3.76. The topological polar surface area (TPSA) is 77.6 Å². The van der Waals surface area contributed by atoms with Crippen LogP contribution < -0.4 is 5.32 Å². The van der Waals surface area contributed by atoms with Crippen LogP contribution in [-0.4, -0.2) is 30.5 Å². The van der Waals surface area contributed by atoms with Crippen LogP contribution in [0.3, 0.4) is 0 Å². The molecule has 1 aliphatic rings. The lowest BCUT2D eigenvalue weighted by Gasteiger charge is -2.04. The van der Waals surface area contributed by atoms with Crippen molar-refractivity contribution < 1.29 is 4.79 Å². The van der Waals surface area contributed by atoms with Crippen molar-refractivity contribution in [1.82, 2.24) is 29.9 Å². The van der Waals surface area contributed by atoms with Gasteiger partial charge in [0.05, 0.1) is 24.0 Å². The van der Waals surface area contributed by atoms with Crippen LogP contribution >= 0.6 is 0 Å². The summed E-state index contributed by atoms with van der Waals surface area (Å²) in [4.78, 5) is 12.3. The van der Waals surface area contributed by atoms with Gasteiger partial charge in [0.2, 0.25) is 0 Å². The minimum atomic E-state index is -0.164. The van der Waals surface area contributed by atoms with Gasteiger partial charge >= 0.3 is 0 Å². The van der Waals surface area contributed by atoms with Crippen molar-refractivity contribution in [3.63, 3.8) is 0 Å². The third kappa shape index (κ3) is 2.61. The molecule has 7 nitrogen and oxygen atoms in total. The van der Waals surface area contributed by atoms with Gasteiger partial charge in [0.1, 0.15) is 5.82 Å². The molecule has 2 aromatic heterocycles. The van der Waals surface area contributed by atoms with E-state index in [-0.39, 0.29) is 5.91 Å². The van der Waals surface area contributed by atoms with Gasteiger partial charge in [-0.3, -0.25) is 4.79 Å². The SMILES string of the molecule is O=C(NCc1nnc2n1CCC2)c1cnn(-c2ccccc2)c1. The number of rotatable bonds is 4. The Kier molecular flexibility index (Phi) is 3.38. The van der Waals surface area contributed by atoms with Gasteiger partial charge in [-0.1, -0.05) is 18.2 Å². The van der Waals surface area contributed by atoms with Gasteiger partial charge in [0.25, 0.3) is 5.91 Å². The van der Waals surface area contributed by atoms with Gasteiger partial charge in [-0.25, -0.2) is 4.68 Å². The van der Waals surface area contributed by atoms with Crippen LogP contribution in [0.25, 0.3) is 5.69 Å². The molecule has 0 radical (unpaired) electrons. The second-order valence-corrected chi connectivity index (χ2v) is 5.48. The summed E-state index contributed by atoms with van der Waals surface area (Å²) in [6.45, 7) is 1.31. The molecule has 1 N–H and O–H groups in total. The molecule has 23 heavy (non-hydrogen) atoms. The van der Waals surface area contributed by atoms with Gasteiger partial charge in [-0.15, -0.1) is 10.2 Å². The van der Waals surface area contributed by atoms with Crippen LogP contribution in [-0.2, 0) is 19.5 Å². The van der Waals surface area contributed by atoms with Crippen molar-refractivity contribution in [2.24, 2.45) is 0 Å². The van der Waals surface area contributed by atoms with E-state index in [1.165, 1.54) is 0 Å². The van der Waals surface area contributed by atoms with E-state index in [9.17, 15) is 4.79 Å². The largest absolute Gasteiger partial charge is 0.345 e. The third-order valence-corrected chi connectivity index (χ3v) is 3.96. The predicted molar refractivity (Wildman–Crippen MR) is 83.1 cm³/mol. The molecule has 116 valence electrons. The number of nitrogens with zero attached hydrogens (tertiary/aromatic N) is 5. The van der Waals surface area contributed by atoms with E-state index >= 15 is 0 Å². The fourth-order valence-electron chi connectivity index (χ4n) is 2.76. The minimum Gasteiger partial charge on any atom is -0.345 e. The molecular weight excluding hydrogens is 292 g/mol. The highest BCUT2D eigenvalue weighted by Crippen LogP contribution is 2.14. The van der Waals surface area contributed by atoms with E-state index < -0.39 is 0 Å². The van der Waals surface area contributed by atoms with Gasteiger partial charge in [0.15, 0.2) is 5.82 Å². The molecule has 0 spiro atoms. The first kappa shape index (κ1) is 13.7. The van der Waals surface area contributed by atoms with Crippen molar-refractivity contribution in [1.29, 1.82) is 0 Å². The predicted octanol–water partition coefficient (Wildman–Crippen LogP) is 1.34. The quantitative estimate of drug-likeness (QED) is 0.789. The summed E-state index contributed by atoms with van der Waals surface area (Å²) in [5, 5.41) is 15.4. The van der Waals surface area contributed by atoms with Gasteiger partial charge < -0.3 is 9.88 Å². The normalized spacial score (nSPS) is 13.0. The zero-order chi connectivity index (χ0) is 15.6. The molecule has 0 fully saturated rings. The summed E-state index contributed by atoms with van der Waals surface area (Å²) >= 11 is 0. The van der Waals surface area contributed by atoms with E-state index in [0.717, 1.165) is 36.7 Å². The van der Waals surface area contributed by atoms with Crippen LogP contribution in [0.5, 0.6) is 0 Å². The molecule has 7 heteroatoms. The van der Waals surface area contributed by atoms with Crippen LogP contribution in [0.4, 0.5) is 0 Å². The van der Waals surface area contributed by atoms with E-state index in [0.29, 0.717) is 12.1 Å². The third-order valence-electron chi connectivity index (χ3n) is 3.96. The molecule has 0 atom stereocenters. The highest BCUT2D eigenvalue weighted by molar-refractivity contribution is 5.93. The zero-order valence-electron chi connectivity index (χ0n) is 12.5. The molecule has 0 bridgehead atoms. The van der Waals surface area contributed by atoms with Crippen LogP contribution in [0.15, 0.2) is 42.7 Å². The Morgan fingerprint density at radius 2 is 2.09 bits per heavy atom. The number of aryl methyl sites for hydroxylation is 1. The number of para-hydroxylation sites is 1. The number of hydrogen-bond acceptors (Lipinski definition) is 4. The van der Waals surface area contributed by atoms with Gasteiger partial charge in [-0.2, -0.15) is 5.10 Å². The van der Waals surface area contributed by atoms with Crippen LogP contribution in [0, 0.1) is 0 Å². The molecule has 0 aliphatic carbocycles. The average Bonchev–Trinajstić information content (AvgIpc) is 3.30. The summed E-state index contributed by atoms with van der Waals surface area (Å²) in [6.07, 6.45) is 5.34. The fourth-order valence-corrected chi connectivity index (χ4v) is 2.76. The van der Waals surface area contributed by atoms with Crippen molar-refractivity contribution in [3.8, 4) is 5.69 Å².